The fraction of sp³-hybridized carbons (Fsp3) is 0.409. The van der Waals surface area contributed by atoms with Crippen LogP contribution in [0.1, 0.15) is 31.2 Å². The number of hydrogen-bond donors (Lipinski definition) is 4. The number of sulfonamides is 1. The number of aryl methyl sites for hydroxylation is 1. The molecule has 0 unspecified atom stereocenters. The van der Waals surface area contributed by atoms with Gasteiger partial charge >= 0.3 is 12.1 Å². The summed E-state index contributed by atoms with van der Waals surface area (Å²) >= 11 is 0. The first-order valence-electron chi connectivity index (χ1n) is 11.2. The van der Waals surface area contributed by atoms with Gasteiger partial charge in [-0.25, -0.2) is 32.9 Å². The van der Waals surface area contributed by atoms with Crippen molar-refractivity contribution in [2.45, 2.75) is 49.2 Å². The second-order valence-corrected chi connectivity index (χ2v) is 11.2. The van der Waals surface area contributed by atoms with Crippen molar-refractivity contribution in [1.82, 2.24) is 29.5 Å². The lowest BCUT2D eigenvalue weighted by Crippen LogP contribution is -2.56. The maximum Gasteiger partial charge on any atom is 0.490 e. The van der Waals surface area contributed by atoms with Crippen LogP contribution in [0.5, 0.6) is 0 Å². The molecule has 1 aromatic carbocycles. The maximum absolute atomic E-state index is 13.2. The van der Waals surface area contributed by atoms with Gasteiger partial charge in [-0.3, -0.25) is 0 Å². The number of carboxylic acid groups (broad SMARTS) is 1. The van der Waals surface area contributed by atoms with Gasteiger partial charge < -0.3 is 15.9 Å². The van der Waals surface area contributed by atoms with E-state index in [4.69, 9.17) is 15.6 Å². The molecule has 3 fully saturated rings. The normalized spacial score (nSPS) is 22.3. The summed E-state index contributed by atoms with van der Waals surface area (Å²) in [5.74, 6) is -2.25. The van der Waals surface area contributed by atoms with Gasteiger partial charge in [-0.05, 0) is 55.7 Å². The van der Waals surface area contributed by atoms with Crippen LogP contribution >= 0.6 is 0 Å². The molecule has 0 amide bonds. The molecule has 2 bridgehead atoms. The van der Waals surface area contributed by atoms with Crippen molar-refractivity contribution in [3.63, 3.8) is 0 Å². The quantitative estimate of drug-likeness (QED) is 0.350. The number of aliphatic hydroxyl groups excluding tert-OH is 1. The third-order valence-electron chi connectivity index (χ3n) is 6.70. The van der Waals surface area contributed by atoms with E-state index in [0.717, 1.165) is 18.4 Å². The Labute approximate surface area is 214 Å². The molecule has 16 heteroatoms. The molecule has 0 radical (unpaired) electrons. The number of nitrogens with one attached hydrogen (secondary N) is 1. The van der Waals surface area contributed by atoms with Crippen molar-refractivity contribution >= 4 is 21.8 Å². The van der Waals surface area contributed by atoms with E-state index < -0.39 is 27.7 Å². The van der Waals surface area contributed by atoms with Crippen LogP contribution in [0, 0.1) is 12.3 Å². The summed E-state index contributed by atoms with van der Waals surface area (Å²) in [5, 5.41) is 20.8. The topological polar surface area (TPSA) is 186 Å². The first kappa shape index (κ1) is 27.4. The van der Waals surface area contributed by atoms with Crippen LogP contribution in [0.25, 0.3) is 17.1 Å². The van der Waals surface area contributed by atoms with Crippen molar-refractivity contribution in [3.8, 4) is 17.1 Å². The first-order chi connectivity index (χ1) is 17.7. The van der Waals surface area contributed by atoms with E-state index in [-0.39, 0.29) is 22.7 Å². The highest BCUT2D eigenvalue weighted by molar-refractivity contribution is 7.89. The molecule has 3 aromatic rings. The molecule has 12 nitrogen and oxygen atoms in total. The van der Waals surface area contributed by atoms with Crippen LogP contribution < -0.4 is 10.5 Å². The predicted octanol–water partition coefficient (Wildman–Crippen LogP) is 1.83. The van der Waals surface area contributed by atoms with Crippen molar-refractivity contribution in [2.24, 2.45) is 5.41 Å². The van der Waals surface area contributed by atoms with Crippen molar-refractivity contribution < 1.29 is 36.6 Å². The van der Waals surface area contributed by atoms with Gasteiger partial charge in [0.15, 0.2) is 11.6 Å². The number of fused-ring (bicyclic) bond motifs is 1. The number of benzene rings is 1. The second kappa shape index (κ2) is 9.59. The summed E-state index contributed by atoms with van der Waals surface area (Å²) in [6.07, 6.45) is 2.21. The molecule has 204 valence electrons. The number of alkyl halides is 3. The van der Waals surface area contributed by atoms with E-state index in [1.165, 1.54) is 23.5 Å². The van der Waals surface area contributed by atoms with Crippen LogP contribution in [-0.4, -0.2) is 67.7 Å². The summed E-state index contributed by atoms with van der Waals surface area (Å²) < 4.78 is 62.4. The van der Waals surface area contributed by atoms with E-state index in [1.807, 2.05) is 6.92 Å². The Hall–Kier alpha value is -3.63. The number of halogens is 3. The van der Waals surface area contributed by atoms with E-state index >= 15 is 0 Å². The predicted molar refractivity (Wildman–Crippen MR) is 126 cm³/mol. The molecule has 0 saturated heterocycles. The lowest BCUT2D eigenvalue weighted by molar-refractivity contribution is -0.192. The van der Waals surface area contributed by atoms with Crippen molar-refractivity contribution in [2.75, 3.05) is 12.3 Å². The van der Waals surface area contributed by atoms with E-state index in [9.17, 15) is 26.7 Å². The SMILES string of the molecule is Cc1ccc(S(=O)(=O)NC23CCC(CO)(C2)C3)cc1-c1cnc(N)c(-n2cncn2)n1.O=C(O)C(F)(F)F. The van der Waals surface area contributed by atoms with Gasteiger partial charge in [0.25, 0.3) is 0 Å². The van der Waals surface area contributed by atoms with Crippen LogP contribution in [0.2, 0.25) is 0 Å². The molecular weight excluding hydrogens is 531 g/mol. The highest BCUT2D eigenvalue weighted by Gasteiger charge is 2.61. The number of aromatic nitrogens is 5. The molecule has 3 aliphatic rings. The Kier molecular flexibility index (Phi) is 6.92. The number of nitrogens with zero attached hydrogens (tertiary/aromatic N) is 5. The van der Waals surface area contributed by atoms with Crippen LogP contribution in [-0.2, 0) is 14.8 Å². The van der Waals surface area contributed by atoms with E-state index in [2.05, 4.69) is 24.8 Å². The highest BCUT2D eigenvalue weighted by Crippen LogP contribution is 2.61. The largest absolute Gasteiger partial charge is 0.490 e. The van der Waals surface area contributed by atoms with Crippen molar-refractivity contribution in [1.29, 1.82) is 0 Å². The maximum atomic E-state index is 13.2. The third-order valence-corrected chi connectivity index (χ3v) is 8.28. The summed E-state index contributed by atoms with van der Waals surface area (Å²) in [4.78, 5) is 21.7. The van der Waals surface area contributed by atoms with Crippen molar-refractivity contribution in [3.05, 3.63) is 42.6 Å². The number of nitrogens with two attached hydrogens (primary N) is 1. The Morgan fingerprint density at radius 1 is 1.26 bits per heavy atom. The fourth-order valence-electron chi connectivity index (χ4n) is 4.95. The number of carboxylic acids is 1. The zero-order chi connectivity index (χ0) is 27.9. The number of aliphatic carboxylic acids is 1. The molecule has 2 aromatic heterocycles. The molecule has 0 spiro atoms. The Balaban J connectivity index is 0.000000426. The molecule has 0 atom stereocenters. The minimum atomic E-state index is -5.08. The molecule has 5 N–H and O–H groups in total. The van der Waals surface area contributed by atoms with Gasteiger partial charge in [-0.15, -0.1) is 0 Å². The van der Waals surface area contributed by atoms with Gasteiger partial charge in [-0.1, -0.05) is 6.07 Å². The first-order valence-corrected chi connectivity index (χ1v) is 12.7. The summed E-state index contributed by atoms with van der Waals surface area (Å²) in [6, 6.07) is 4.95. The summed E-state index contributed by atoms with van der Waals surface area (Å²) in [7, 11) is -3.74. The minimum absolute atomic E-state index is 0.106. The van der Waals surface area contributed by atoms with Crippen LogP contribution in [0.4, 0.5) is 19.0 Å². The smallest absolute Gasteiger partial charge is 0.475 e. The molecule has 3 saturated carbocycles. The number of carbonyl (C=O) groups is 1. The number of anilines is 1. The third kappa shape index (κ3) is 5.32. The average Bonchev–Trinajstić information content (AvgIpc) is 3.55. The number of rotatable bonds is 6. The molecule has 0 aliphatic heterocycles. The van der Waals surface area contributed by atoms with Gasteiger partial charge in [0, 0.05) is 17.7 Å². The van der Waals surface area contributed by atoms with Gasteiger partial charge in [0.05, 0.1) is 16.8 Å². The highest BCUT2D eigenvalue weighted by atomic mass is 32.2. The van der Waals surface area contributed by atoms with E-state index in [1.54, 1.807) is 18.2 Å². The monoisotopic (exact) mass is 555 g/mol. The standard InChI is InChI=1S/C20H23N7O3S.C2HF3O2/c1-13-2-3-14(31(29,30)26-20-5-4-19(8-20,9-20)10-28)6-15(13)16-7-23-17(21)18(25-16)27-12-22-11-24-27;3-2(4,5)1(6)7/h2-3,6-7,11-12,26,28H,4-5,8-10H2,1H3,(H2,21,23);(H,6,7). The zero-order valence-electron chi connectivity index (χ0n) is 20.0. The Morgan fingerprint density at radius 3 is 2.50 bits per heavy atom. The molecule has 38 heavy (non-hydrogen) atoms. The van der Waals surface area contributed by atoms with Gasteiger partial charge in [-0.2, -0.15) is 23.0 Å². The Morgan fingerprint density at radius 2 is 1.95 bits per heavy atom. The fourth-order valence-corrected chi connectivity index (χ4v) is 6.40. The van der Waals surface area contributed by atoms with Crippen LogP contribution in [0.3, 0.4) is 0 Å². The lowest BCUT2D eigenvalue weighted by atomic mass is 9.66. The second-order valence-electron chi connectivity index (χ2n) is 9.48. The van der Waals surface area contributed by atoms with Gasteiger partial charge in [0.1, 0.15) is 12.7 Å². The molecule has 6 rings (SSSR count). The average molecular weight is 556 g/mol. The minimum Gasteiger partial charge on any atom is -0.475 e. The number of nitrogen functional groups attached to an aromatic ring is 1. The van der Waals surface area contributed by atoms with Gasteiger partial charge in [0.2, 0.25) is 10.0 Å². The zero-order valence-corrected chi connectivity index (χ0v) is 20.8. The molecule has 2 heterocycles. The Bertz CT molecular complexity index is 1460. The molecular formula is C22H24F3N7O5S. The number of aliphatic hydroxyl groups is 1. The van der Waals surface area contributed by atoms with Crippen LogP contribution in [0.15, 0.2) is 41.9 Å². The summed E-state index contributed by atoms with van der Waals surface area (Å²) in [5.41, 5.74) is 7.35. The summed E-state index contributed by atoms with van der Waals surface area (Å²) in [6.45, 7) is 1.98. The lowest BCUT2D eigenvalue weighted by Gasteiger charge is -2.46. The number of hydrogen-bond acceptors (Lipinski definition) is 9. The van der Waals surface area contributed by atoms with E-state index in [0.29, 0.717) is 29.9 Å². The molecule has 3 aliphatic carbocycles.